The molecule has 2 aromatic rings. The van der Waals surface area contributed by atoms with Gasteiger partial charge in [-0.05, 0) is 17.2 Å². The summed E-state index contributed by atoms with van der Waals surface area (Å²) in [6, 6.07) is 9.26. The fourth-order valence-corrected chi connectivity index (χ4v) is 4.32. The van der Waals surface area contributed by atoms with Crippen molar-refractivity contribution in [1.82, 2.24) is 0 Å². The third-order valence-corrected chi connectivity index (χ3v) is 5.97. The highest BCUT2D eigenvalue weighted by Crippen LogP contribution is 2.51. The Morgan fingerprint density at radius 1 is 1.27 bits per heavy atom. The zero-order valence-corrected chi connectivity index (χ0v) is 19.6. The lowest BCUT2D eigenvalue weighted by atomic mass is 9.86. The fraction of sp³-hybridized carbons (Fsp3) is 0.391. The number of hydrogen-bond donors (Lipinski definition) is 0. The van der Waals surface area contributed by atoms with E-state index in [-0.39, 0.29) is 42.6 Å². The number of halogens is 1. The molecule has 2 aromatic carbocycles. The molecule has 1 atom stereocenters. The highest BCUT2D eigenvalue weighted by molar-refractivity contribution is 5.82. The first-order valence-corrected chi connectivity index (χ1v) is 9.73. The normalized spacial score (nSPS) is 18.0. The lowest BCUT2D eigenvalue weighted by molar-refractivity contribution is -0.922. The summed E-state index contributed by atoms with van der Waals surface area (Å²) >= 11 is 0. The number of carbonyl (C=O) groups excluding carboxylic acids is 1. The third kappa shape index (κ3) is 4.12. The van der Waals surface area contributed by atoms with Crippen molar-refractivity contribution in [2.45, 2.75) is 25.3 Å². The molecule has 30 heavy (non-hydrogen) atoms. The van der Waals surface area contributed by atoms with Crippen LogP contribution in [0.2, 0.25) is 0 Å². The van der Waals surface area contributed by atoms with Gasteiger partial charge in [-0.1, -0.05) is 24.3 Å². The summed E-state index contributed by atoms with van der Waals surface area (Å²) in [5, 5.41) is 0. The number of quaternary nitrogens is 1. The van der Waals surface area contributed by atoms with Crippen molar-refractivity contribution in [3.63, 3.8) is 0 Å². The van der Waals surface area contributed by atoms with Crippen LogP contribution in [0.5, 0.6) is 17.2 Å². The average molecular weight is 520 g/mol. The second-order valence-electron chi connectivity index (χ2n) is 8.18. The minimum absolute atomic E-state index is 0. The molecule has 0 radical (unpaired) electrons. The molecule has 0 fully saturated rings. The van der Waals surface area contributed by atoms with E-state index < -0.39 is 0 Å². The first-order valence-electron chi connectivity index (χ1n) is 9.73. The molecular weight excluding hydrogens is 495 g/mol. The Hall–Kier alpha value is -2.31. The maximum atomic E-state index is 13.0. The van der Waals surface area contributed by atoms with Crippen LogP contribution in [-0.2, 0) is 17.6 Å². The lowest BCUT2D eigenvalue weighted by Gasteiger charge is -2.43. The van der Waals surface area contributed by atoms with Crippen LogP contribution in [0, 0.1) is 6.57 Å². The van der Waals surface area contributed by atoms with Gasteiger partial charge in [0.25, 0.3) is 0 Å². The molecule has 6 nitrogen and oxygen atoms in total. The fourth-order valence-electron chi connectivity index (χ4n) is 4.32. The number of hydrogen-bond acceptors (Lipinski definition) is 4. The quantitative estimate of drug-likeness (QED) is 0.334. The average Bonchev–Trinajstić information content (AvgIpc) is 3.17. The number of benzene rings is 2. The van der Waals surface area contributed by atoms with Crippen molar-refractivity contribution in [3.8, 4) is 17.2 Å². The predicted octanol–water partition coefficient (Wildman–Crippen LogP) is 0.854. The monoisotopic (exact) mass is 520 g/mol. The molecule has 2 aliphatic heterocycles. The van der Waals surface area contributed by atoms with E-state index in [1.165, 1.54) is 5.56 Å². The Kier molecular flexibility index (Phi) is 6.58. The van der Waals surface area contributed by atoms with E-state index in [9.17, 15) is 4.79 Å². The smallest absolute Gasteiger partial charge is 0.231 e. The summed E-state index contributed by atoms with van der Waals surface area (Å²) in [5.74, 6) is 2.22. The van der Waals surface area contributed by atoms with Crippen molar-refractivity contribution >= 4 is 11.5 Å². The highest BCUT2D eigenvalue weighted by atomic mass is 127. The number of nitrogens with zero attached hydrogens (tertiary/aromatic N) is 2. The molecule has 2 heterocycles. The second-order valence-corrected chi connectivity index (χ2v) is 8.18. The van der Waals surface area contributed by atoms with Crippen LogP contribution in [0.25, 0.3) is 4.85 Å². The molecule has 0 saturated carbocycles. The number of ketones is 1. The van der Waals surface area contributed by atoms with Gasteiger partial charge in [0.2, 0.25) is 12.5 Å². The number of ether oxygens (including phenoxy) is 3. The zero-order valence-electron chi connectivity index (χ0n) is 17.4. The Bertz CT molecular complexity index is 996. The maximum absolute atomic E-state index is 13.0. The summed E-state index contributed by atoms with van der Waals surface area (Å²) in [6.07, 6.45) is 1.68. The Morgan fingerprint density at radius 3 is 2.67 bits per heavy atom. The number of fused-ring (bicyclic) bond motifs is 2. The summed E-state index contributed by atoms with van der Waals surface area (Å²) in [4.78, 5) is 16.4. The molecular formula is C23H25IN2O4. The number of likely N-dealkylation sites (N-methyl/N-ethyl adjacent to an activating group) is 1. The van der Waals surface area contributed by atoms with Crippen LogP contribution < -0.4 is 38.2 Å². The van der Waals surface area contributed by atoms with Gasteiger partial charge in [-0.2, -0.15) is 0 Å². The molecule has 1 unspecified atom stereocenters. The molecule has 7 heteroatoms. The zero-order chi connectivity index (χ0) is 20.6. The molecule has 0 aromatic heterocycles. The predicted molar refractivity (Wildman–Crippen MR) is 109 cm³/mol. The number of methoxy groups -OCH3 is 1. The molecule has 0 aliphatic carbocycles. The number of carbonyl (C=O) groups is 1. The van der Waals surface area contributed by atoms with Gasteiger partial charge >= 0.3 is 0 Å². The van der Waals surface area contributed by atoms with Gasteiger partial charge in [-0.3, -0.25) is 4.79 Å². The van der Waals surface area contributed by atoms with Crippen LogP contribution in [-0.4, -0.2) is 44.8 Å². The van der Waals surface area contributed by atoms with Gasteiger partial charge in [-0.25, -0.2) is 4.85 Å². The van der Waals surface area contributed by atoms with Crippen LogP contribution >= 0.6 is 0 Å². The molecule has 0 spiro atoms. The lowest BCUT2D eigenvalue weighted by Crippen LogP contribution is -3.00. The summed E-state index contributed by atoms with van der Waals surface area (Å²) in [6.45, 7) is 8.18. The first-order chi connectivity index (χ1) is 13.9. The Labute approximate surface area is 194 Å². The maximum Gasteiger partial charge on any atom is 0.231 e. The van der Waals surface area contributed by atoms with Crippen molar-refractivity contribution < 1.29 is 47.5 Å². The number of Topliss-reactive ketones (excluding diaryl/α,β-unsaturated/α-hetero) is 1. The largest absolute Gasteiger partial charge is 1.00 e. The molecule has 4 rings (SSSR count). The van der Waals surface area contributed by atoms with E-state index in [0.717, 1.165) is 29.8 Å². The van der Waals surface area contributed by atoms with Crippen molar-refractivity contribution in [3.05, 3.63) is 58.4 Å². The molecule has 158 valence electrons. The summed E-state index contributed by atoms with van der Waals surface area (Å²) in [5.41, 5.74) is 3.75. The van der Waals surface area contributed by atoms with Crippen molar-refractivity contribution in [1.29, 1.82) is 0 Å². The molecule has 0 N–H and O–H groups in total. The van der Waals surface area contributed by atoms with Crippen LogP contribution in [0.4, 0.5) is 5.69 Å². The van der Waals surface area contributed by atoms with Gasteiger partial charge < -0.3 is 42.7 Å². The molecule has 0 amide bonds. The van der Waals surface area contributed by atoms with E-state index in [4.69, 9.17) is 20.8 Å². The molecule has 0 saturated heterocycles. The first kappa shape index (κ1) is 22.4. The topological polar surface area (TPSA) is 49.1 Å². The highest BCUT2D eigenvalue weighted by Gasteiger charge is 2.42. The van der Waals surface area contributed by atoms with E-state index in [2.05, 4.69) is 18.9 Å². The van der Waals surface area contributed by atoms with Crippen LogP contribution in [0.1, 0.15) is 29.2 Å². The standard InChI is InChI=1S/C23H25N2O4.HI/c1-24-17-7-5-15(6-8-17)11-18(26)13-19-21-16(9-10-25(19,2)3)12-20-22(23(21)27-4)29-14-28-20;/h5-8,12,19H,9-11,13-14H2,2-4H3;1H/q+1;/p-1. The van der Waals surface area contributed by atoms with Gasteiger partial charge in [0.15, 0.2) is 17.2 Å². The Morgan fingerprint density at radius 2 is 2.00 bits per heavy atom. The van der Waals surface area contributed by atoms with Gasteiger partial charge in [0, 0.05) is 12.8 Å². The van der Waals surface area contributed by atoms with Gasteiger partial charge in [0.05, 0.1) is 46.3 Å². The minimum atomic E-state index is -0.0155. The summed E-state index contributed by atoms with van der Waals surface area (Å²) in [7, 11) is 5.97. The van der Waals surface area contributed by atoms with E-state index in [1.54, 1.807) is 19.2 Å². The third-order valence-electron chi connectivity index (χ3n) is 5.97. The molecule has 2 aliphatic rings. The number of rotatable bonds is 5. The minimum Gasteiger partial charge on any atom is -1.00 e. The van der Waals surface area contributed by atoms with E-state index in [1.807, 2.05) is 18.2 Å². The van der Waals surface area contributed by atoms with E-state index in [0.29, 0.717) is 34.5 Å². The van der Waals surface area contributed by atoms with Crippen molar-refractivity contribution in [2.75, 3.05) is 34.5 Å². The SMILES string of the molecule is [C-]#[N+]c1ccc(CC(=O)CC2c3c(cc4c(c3OC)OCO4)CC[N+]2(C)C)cc1.[I-]. The van der Waals surface area contributed by atoms with Gasteiger partial charge in [-0.15, -0.1) is 0 Å². The van der Waals surface area contributed by atoms with E-state index >= 15 is 0 Å². The second kappa shape index (κ2) is 8.82. The summed E-state index contributed by atoms with van der Waals surface area (Å²) < 4.78 is 17.7. The van der Waals surface area contributed by atoms with Crippen molar-refractivity contribution in [2.24, 2.45) is 0 Å². The Balaban J connectivity index is 0.00000256. The van der Waals surface area contributed by atoms with Gasteiger partial charge in [0.1, 0.15) is 11.8 Å². The van der Waals surface area contributed by atoms with Crippen LogP contribution in [0.3, 0.4) is 0 Å². The van der Waals surface area contributed by atoms with Crippen LogP contribution in [0.15, 0.2) is 30.3 Å². The molecule has 0 bridgehead atoms.